The molecule has 0 aliphatic heterocycles. The number of carbonyl (C=O) groups is 1. The minimum absolute atomic E-state index is 0.404. The second-order valence-electron chi connectivity index (χ2n) is 4.93. The zero-order chi connectivity index (χ0) is 21.4. The van der Waals surface area contributed by atoms with Gasteiger partial charge in [0.25, 0.3) is 5.28 Å². The molecule has 0 saturated heterocycles. The van der Waals surface area contributed by atoms with Gasteiger partial charge in [-0.1, -0.05) is 4.44 Å². The van der Waals surface area contributed by atoms with Crippen LogP contribution in [0, 0.1) is 0 Å². The van der Waals surface area contributed by atoms with Crippen molar-refractivity contribution in [2.24, 2.45) is 5.73 Å². The predicted octanol–water partition coefficient (Wildman–Crippen LogP) is -2.28. The molecule has 20 heteroatoms. The van der Waals surface area contributed by atoms with Crippen LogP contribution in [-0.4, -0.2) is 72.1 Å². The van der Waals surface area contributed by atoms with Gasteiger partial charge < -0.3 is 50.0 Å². The molecule has 0 saturated carbocycles. The standard InChI is InChI=1S/C6H18N2O14P4/c7-3-1-2-4(23(11,12)13)6(5(9)10,24(14,15)16)8(25(17,18)19)26(20,21)22/h4H,1-3,7H2,(H,9,10)(H2,11,12,13)(H2,14,15,16)(H2,17,18,19)(H2,20,21,22)/t4?,6-/m1/s1. The summed E-state index contributed by atoms with van der Waals surface area (Å²) >= 11 is 0. The molecule has 0 aromatic carbocycles. The van der Waals surface area contributed by atoms with Crippen LogP contribution < -0.4 is 5.73 Å². The molecule has 0 radical (unpaired) electrons. The number of rotatable bonds is 10. The average molecular weight is 466 g/mol. The van der Waals surface area contributed by atoms with Crippen LogP contribution in [-0.2, 0) is 23.1 Å². The lowest BCUT2D eigenvalue weighted by Crippen LogP contribution is -2.58. The van der Waals surface area contributed by atoms with Crippen LogP contribution in [0.5, 0.6) is 0 Å². The van der Waals surface area contributed by atoms with Crippen LogP contribution in [0.25, 0.3) is 0 Å². The quantitative estimate of drug-likeness (QED) is 0.152. The molecule has 0 aromatic rings. The van der Waals surface area contributed by atoms with Crippen molar-refractivity contribution in [1.82, 2.24) is 4.44 Å². The van der Waals surface area contributed by atoms with E-state index >= 15 is 0 Å². The van der Waals surface area contributed by atoms with E-state index in [0.29, 0.717) is 0 Å². The van der Waals surface area contributed by atoms with Gasteiger partial charge in [-0.2, -0.15) is 0 Å². The van der Waals surface area contributed by atoms with Gasteiger partial charge >= 0.3 is 36.7 Å². The predicted molar refractivity (Wildman–Crippen MR) is 82.5 cm³/mol. The van der Waals surface area contributed by atoms with Crippen molar-refractivity contribution >= 4 is 36.7 Å². The Morgan fingerprint density at radius 1 is 0.923 bits per heavy atom. The number of carboxylic acid groups (broad SMARTS) is 1. The number of hydrogen-bond acceptors (Lipinski definition) is 6. The summed E-state index contributed by atoms with van der Waals surface area (Å²) in [6, 6.07) is 0. The Morgan fingerprint density at radius 2 is 1.31 bits per heavy atom. The first-order valence-electron chi connectivity index (χ1n) is 6.22. The van der Waals surface area contributed by atoms with Crippen molar-refractivity contribution in [2.45, 2.75) is 23.8 Å². The van der Waals surface area contributed by atoms with E-state index in [1.807, 2.05) is 0 Å². The lowest BCUT2D eigenvalue weighted by Gasteiger charge is -2.44. The van der Waals surface area contributed by atoms with Crippen LogP contribution in [0.4, 0.5) is 0 Å². The molecular weight excluding hydrogens is 448 g/mol. The van der Waals surface area contributed by atoms with Gasteiger partial charge in [0, 0.05) is 0 Å². The summed E-state index contributed by atoms with van der Waals surface area (Å²) < 4.78 is 45.0. The molecule has 156 valence electrons. The van der Waals surface area contributed by atoms with Crippen molar-refractivity contribution < 1.29 is 67.3 Å². The van der Waals surface area contributed by atoms with Crippen molar-refractivity contribution in [3.63, 3.8) is 0 Å². The molecule has 11 N–H and O–H groups in total. The average Bonchev–Trinajstić information content (AvgIpc) is 2.30. The molecule has 0 aliphatic carbocycles. The molecular formula is C6H18N2O14P4. The third-order valence-corrected chi connectivity index (χ3v) is 9.68. The molecule has 16 nitrogen and oxygen atoms in total. The van der Waals surface area contributed by atoms with Crippen LogP contribution in [0.1, 0.15) is 12.8 Å². The third kappa shape index (κ3) is 5.28. The Morgan fingerprint density at radius 3 is 1.50 bits per heavy atom. The third-order valence-electron chi connectivity index (χ3n) is 3.11. The highest BCUT2D eigenvalue weighted by molar-refractivity contribution is 7.68. The summed E-state index contributed by atoms with van der Waals surface area (Å²) in [5, 5.41) is 4.64. The van der Waals surface area contributed by atoms with E-state index < -0.39 is 71.4 Å². The fourth-order valence-corrected chi connectivity index (χ4v) is 9.42. The molecule has 0 fully saturated rings. The van der Waals surface area contributed by atoms with E-state index in [0.717, 1.165) is 0 Å². The van der Waals surface area contributed by atoms with Gasteiger partial charge in [-0.15, -0.1) is 0 Å². The summed E-state index contributed by atoms with van der Waals surface area (Å²) in [6.45, 7) is -0.404. The molecule has 0 heterocycles. The van der Waals surface area contributed by atoms with E-state index in [1.54, 1.807) is 0 Å². The zero-order valence-corrected chi connectivity index (χ0v) is 16.2. The fraction of sp³-hybridized carbons (Fsp3) is 0.833. The molecule has 26 heavy (non-hydrogen) atoms. The normalized spacial score (nSPS) is 17.8. The number of nitrogens with zero attached hydrogens (tertiary/aromatic N) is 1. The number of hydrogen-bond donors (Lipinski definition) is 10. The van der Waals surface area contributed by atoms with Gasteiger partial charge in [-0.05, 0) is 19.4 Å². The number of nitrogens with two attached hydrogens (primary N) is 1. The monoisotopic (exact) mass is 466 g/mol. The second-order valence-corrected chi connectivity index (χ2v) is 11.7. The number of aliphatic carboxylic acids is 1. The molecule has 0 spiro atoms. The fourth-order valence-electron chi connectivity index (χ4n) is 2.26. The van der Waals surface area contributed by atoms with Crippen molar-refractivity contribution in [3.05, 3.63) is 0 Å². The first-order chi connectivity index (χ1) is 11.3. The van der Waals surface area contributed by atoms with Gasteiger partial charge in [0.05, 0.1) is 0 Å². The summed E-state index contributed by atoms with van der Waals surface area (Å²) in [4.78, 5) is 85.9. The zero-order valence-electron chi connectivity index (χ0n) is 12.6. The maximum atomic E-state index is 11.9. The minimum atomic E-state index is -6.60. The van der Waals surface area contributed by atoms with Gasteiger partial charge in [-0.25, -0.2) is 13.9 Å². The summed E-state index contributed by atoms with van der Waals surface area (Å²) in [5.74, 6) is -2.97. The highest BCUT2D eigenvalue weighted by Crippen LogP contribution is 2.74. The van der Waals surface area contributed by atoms with Crippen molar-refractivity contribution in [1.29, 1.82) is 0 Å². The molecule has 0 aliphatic rings. The van der Waals surface area contributed by atoms with E-state index in [9.17, 15) is 47.7 Å². The Bertz CT molecular complexity index is 693. The highest BCUT2D eigenvalue weighted by atomic mass is 31.3. The first kappa shape index (κ1) is 26.0. The highest BCUT2D eigenvalue weighted by Gasteiger charge is 2.74. The molecule has 0 aromatic heterocycles. The van der Waals surface area contributed by atoms with E-state index in [2.05, 4.69) is 0 Å². The van der Waals surface area contributed by atoms with E-state index in [1.165, 1.54) is 0 Å². The topological polar surface area (TPSA) is 297 Å². The van der Waals surface area contributed by atoms with Crippen molar-refractivity contribution in [2.75, 3.05) is 6.54 Å². The maximum absolute atomic E-state index is 11.9. The number of carboxylic acids is 1. The van der Waals surface area contributed by atoms with Gasteiger partial charge in [-0.3, -0.25) is 9.13 Å². The Hall–Kier alpha value is -0.0100. The SMILES string of the molecule is NCCCC([C@@](C(=O)O)(N(P(=O)(O)O)P(=O)(O)O)P(=O)(O)O)P(=O)(O)O. The molecule has 0 amide bonds. The maximum Gasteiger partial charge on any atom is 0.414 e. The lowest BCUT2D eigenvalue weighted by atomic mass is 10.1. The minimum Gasteiger partial charge on any atom is -0.479 e. The second kappa shape index (κ2) is 8.16. The Balaban J connectivity index is 7.39. The van der Waals surface area contributed by atoms with Crippen molar-refractivity contribution in [3.8, 4) is 0 Å². The summed E-state index contributed by atoms with van der Waals surface area (Å²) in [5.41, 5.74) is 1.95. The summed E-state index contributed by atoms with van der Waals surface area (Å²) in [6.07, 6.45) is -1.66. The van der Waals surface area contributed by atoms with Gasteiger partial charge in [0.2, 0.25) is 0 Å². The largest absolute Gasteiger partial charge is 0.479 e. The van der Waals surface area contributed by atoms with E-state index in [-0.39, 0.29) is 0 Å². The summed E-state index contributed by atoms with van der Waals surface area (Å²) in [7, 11) is -25.5. The smallest absolute Gasteiger partial charge is 0.414 e. The molecule has 0 rings (SSSR count). The van der Waals surface area contributed by atoms with Crippen LogP contribution in [0.2, 0.25) is 0 Å². The van der Waals surface area contributed by atoms with Crippen LogP contribution in [0.15, 0.2) is 0 Å². The van der Waals surface area contributed by atoms with Crippen LogP contribution in [0.3, 0.4) is 0 Å². The van der Waals surface area contributed by atoms with Gasteiger partial charge in [0.1, 0.15) is 5.66 Å². The van der Waals surface area contributed by atoms with Crippen LogP contribution >= 0.6 is 30.7 Å². The lowest BCUT2D eigenvalue weighted by molar-refractivity contribution is -0.144. The molecule has 2 atom stereocenters. The Kier molecular flexibility index (Phi) is 8.15. The molecule has 1 unspecified atom stereocenters. The van der Waals surface area contributed by atoms with E-state index in [4.69, 9.17) is 25.3 Å². The molecule has 0 bridgehead atoms. The van der Waals surface area contributed by atoms with Gasteiger partial charge in [0.15, 0.2) is 0 Å². The first-order valence-corrected chi connectivity index (χ1v) is 12.6. The Labute approximate surface area is 145 Å².